The van der Waals surface area contributed by atoms with Gasteiger partial charge in [-0.05, 0) is 24.3 Å². The highest BCUT2D eigenvalue weighted by Crippen LogP contribution is 2.17. The zero-order chi connectivity index (χ0) is 23.5. The number of rotatable bonds is 6. The lowest BCUT2D eigenvalue weighted by atomic mass is 10.1. The van der Waals surface area contributed by atoms with Crippen LogP contribution < -0.4 is 5.56 Å². The third-order valence-electron chi connectivity index (χ3n) is 4.79. The van der Waals surface area contributed by atoms with Crippen molar-refractivity contribution in [1.29, 1.82) is 0 Å². The number of nitrogens with one attached hydrogen (secondary N) is 1. The molecule has 0 amide bonds. The average molecular weight is 452 g/mol. The molecule has 0 spiro atoms. The molecule has 3 heterocycles. The zero-order valence-corrected chi connectivity index (χ0v) is 17.4. The van der Waals surface area contributed by atoms with Crippen molar-refractivity contribution in [1.82, 2.24) is 29.3 Å². The number of nitrogens with zero attached hydrogens (tertiary/aromatic N) is 5. The molecule has 0 aliphatic heterocycles. The number of benzene rings is 1. The smallest absolute Gasteiger partial charge is 0.335 e. The predicted molar refractivity (Wildman–Crippen MR) is 115 cm³/mol. The molecular formula is C22H18F2N6O3. The Bertz CT molecular complexity index is 1460. The molecule has 0 unspecified atom stereocenters. The zero-order valence-electron chi connectivity index (χ0n) is 17.4. The minimum Gasteiger partial charge on any atom is -0.478 e. The van der Waals surface area contributed by atoms with Crippen molar-refractivity contribution in [3.8, 4) is 23.4 Å². The first-order chi connectivity index (χ1) is 15.9. The van der Waals surface area contributed by atoms with Crippen LogP contribution in [0.15, 0.2) is 41.3 Å². The molecule has 0 aliphatic carbocycles. The number of aromatic carboxylic acids is 1. The number of hydrogen-bond donors (Lipinski definition) is 2. The van der Waals surface area contributed by atoms with E-state index >= 15 is 0 Å². The van der Waals surface area contributed by atoms with Gasteiger partial charge in [-0.15, -0.1) is 0 Å². The summed E-state index contributed by atoms with van der Waals surface area (Å²) in [6.07, 6.45) is -0.703. The van der Waals surface area contributed by atoms with Gasteiger partial charge in [0.25, 0.3) is 12.0 Å². The Morgan fingerprint density at radius 3 is 2.82 bits per heavy atom. The largest absolute Gasteiger partial charge is 0.478 e. The lowest BCUT2D eigenvalue weighted by Crippen LogP contribution is -2.28. The second-order valence-electron chi connectivity index (χ2n) is 7.06. The summed E-state index contributed by atoms with van der Waals surface area (Å²) in [5, 5.41) is 13.4. The first-order valence-electron chi connectivity index (χ1n) is 9.99. The van der Waals surface area contributed by atoms with Gasteiger partial charge in [-0.1, -0.05) is 24.8 Å². The number of halogens is 2. The van der Waals surface area contributed by atoms with Gasteiger partial charge in [-0.25, -0.2) is 23.5 Å². The van der Waals surface area contributed by atoms with Gasteiger partial charge in [0.1, 0.15) is 18.1 Å². The van der Waals surface area contributed by atoms with Crippen molar-refractivity contribution in [2.24, 2.45) is 0 Å². The van der Waals surface area contributed by atoms with Crippen LogP contribution in [0.25, 0.3) is 22.7 Å². The molecule has 1 aromatic carbocycles. The highest BCUT2D eigenvalue weighted by Gasteiger charge is 2.18. The molecule has 0 saturated carbocycles. The quantitative estimate of drug-likeness (QED) is 0.434. The van der Waals surface area contributed by atoms with Crippen molar-refractivity contribution in [2.75, 3.05) is 0 Å². The summed E-state index contributed by atoms with van der Waals surface area (Å²) in [6.45, 7) is 1.22. The third-order valence-corrected chi connectivity index (χ3v) is 4.79. The number of alkyl halides is 2. The Kier molecular flexibility index (Phi) is 5.99. The molecule has 0 fully saturated rings. The minimum absolute atomic E-state index is 0.0375. The number of fused-ring (bicyclic) bond motifs is 1. The van der Waals surface area contributed by atoms with Crippen molar-refractivity contribution in [3.63, 3.8) is 0 Å². The van der Waals surface area contributed by atoms with E-state index in [1.54, 1.807) is 36.0 Å². The van der Waals surface area contributed by atoms with Crippen LogP contribution in [-0.4, -0.2) is 46.8 Å². The topological polar surface area (TPSA) is 119 Å². The SMILES string of the molecule is CCc1nc2nc(-c3ccn(CC#Cc4cccc(C(=O)O)c4)n3)[nH]c2c(=O)n1CC(F)F. The summed E-state index contributed by atoms with van der Waals surface area (Å²) in [6, 6.07) is 7.97. The van der Waals surface area contributed by atoms with Gasteiger partial charge in [-0.3, -0.25) is 14.0 Å². The van der Waals surface area contributed by atoms with Crippen LogP contribution in [0, 0.1) is 11.8 Å². The number of aromatic nitrogens is 6. The number of aromatic amines is 1. The molecule has 3 aromatic heterocycles. The number of H-pyrrole nitrogens is 1. The second kappa shape index (κ2) is 9.04. The maximum absolute atomic E-state index is 12.9. The van der Waals surface area contributed by atoms with E-state index in [1.807, 2.05) is 0 Å². The van der Waals surface area contributed by atoms with Crippen LogP contribution in [0.3, 0.4) is 0 Å². The van der Waals surface area contributed by atoms with E-state index in [0.29, 0.717) is 17.7 Å². The third kappa shape index (κ3) is 4.64. The molecular weight excluding hydrogens is 434 g/mol. The number of carbonyl (C=O) groups is 1. The number of carboxylic acids is 1. The van der Waals surface area contributed by atoms with Crippen LogP contribution in [0.2, 0.25) is 0 Å². The molecule has 33 heavy (non-hydrogen) atoms. The fraction of sp³-hybridized carbons (Fsp3) is 0.227. The van der Waals surface area contributed by atoms with Crippen molar-refractivity contribution < 1.29 is 18.7 Å². The molecule has 0 aliphatic rings. The predicted octanol–water partition coefficient (Wildman–Crippen LogP) is 2.56. The van der Waals surface area contributed by atoms with Gasteiger partial charge in [0.05, 0.1) is 12.1 Å². The monoisotopic (exact) mass is 452 g/mol. The lowest BCUT2D eigenvalue weighted by molar-refractivity contribution is 0.0696. The van der Waals surface area contributed by atoms with Crippen molar-refractivity contribution in [2.45, 2.75) is 32.9 Å². The maximum atomic E-state index is 12.9. The molecule has 2 N–H and O–H groups in total. The first-order valence-corrected chi connectivity index (χ1v) is 9.99. The second-order valence-corrected chi connectivity index (χ2v) is 7.06. The van der Waals surface area contributed by atoms with E-state index in [9.17, 15) is 18.4 Å². The number of carboxylic acid groups (broad SMARTS) is 1. The maximum Gasteiger partial charge on any atom is 0.335 e. The first kappa shape index (κ1) is 21.9. The highest BCUT2D eigenvalue weighted by atomic mass is 19.3. The van der Waals surface area contributed by atoms with E-state index in [4.69, 9.17) is 5.11 Å². The molecule has 4 rings (SSSR count). The van der Waals surface area contributed by atoms with Gasteiger partial charge < -0.3 is 10.1 Å². The molecule has 0 atom stereocenters. The molecule has 4 aromatic rings. The van der Waals surface area contributed by atoms with Gasteiger partial charge in [0, 0.05) is 18.2 Å². The minimum atomic E-state index is -2.68. The van der Waals surface area contributed by atoms with E-state index in [0.717, 1.165) is 4.57 Å². The van der Waals surface area contributed by atoms with Crippen LogP contribution >= 0.6 is 0 Å². The summed E-state index contributed by atoms with van der Waals surface area (Å²) in [4.78, 5) is 35.1. The summed E-state index contributed by atoms with van der Waals surface area (Å²) in [5.74, 6) is 5.30. The summed E-state index contributed by atoms with van der Waals surface area (Å²) < 4.78 is 28.3. The van der Waals surface area contributed by atoms with E-state index in [-0.39, 0.29) is 34.9 Å². The van der Waals surface area contributed by atoms with Crippen LogP contribution in [0.5, 0.6) is 0 Å². The molecule has 9 nitrogen and oxygen atoms in total. The van der Waals surface area contributed by atoms with Gasteiger partial charge in [-0.2, -0.15) is 5.10 Å². The highest BCUT2D eigenvalue weighted by molar-refractivity contribution is 5.88. The summed E-state index contributed by atoms with van der Waals surface area (Å²) >= 11 is 0. The van der Waals surface area contributed by atoms with Crippen LogP contribution in [0.1, 0.15) is 28.7 Å². The van der Waals surface area contributed by atoms with E-state index < -0.39 is 24.5 Å². The van der Waals surface area contributed by atoms with Gasteiger partial charge >= 0.3 is 5.97 Å². The Morgan fingerprint density at radius 2 is 2.09 bits per heavy atom. The normalized spacial score (nSPS) is 11.0. The fourth-order valence-electron chi connectivity index (χ4n) is 3.27. The average Bonchev–Trinajstić information content (AvgIpc) is 3.42. The standard InChI is InChI=1S/C22H18F2N6O3/c1-2-17-25-20-18(21(31)30(17)12-16(23)24)26-19(27-20)15-8-10-29(28-15)9-4-6-13-5-3-7-14(11-13)22(32)33/h3,5,7-8,10-11,16H,2,9,12H2,1H3,(H,26,27)(H,32,33). The van der Waals surface area contributed by atoms with Crippen LogP contribution in [-0.2, 0) is 19.5 Å². The van der Waals surface area contributed by atoms with Crippen molar-refractivity contribution >= 4 is 17.1 Å². The molecule has 168 valence electrons. The lowest BCUT2D eigenvalue weighted by Gasteiger charge is -2.09. The Hall–Kier alpha value is -4.33. The number of aryl methyl sites for hydroxylation is 1. The Balaban J connectivity index is 1.58. The molecule has 0 radical (unpaired) electrons. The fourth-order valence-corrected chi connectivity index (χ4v) is 3.27. The molecule has 0 bridgehead atoms. The number of hydrogen-bond acceptors (Lipinski definition) is 5. The van der Waals surface area contributed by atoms with Gasteiger partial charge in [0.15, 0.2) is 17.0 Å². The Labute approximate surface area is 185 Å². The summed E-state index contributed by atoms with van der Waals surface area (Å²) in [7, 11) is 0. The van der Waals surface area contributed by atoms with Crippen molar-refractivity contribution in [3.05, 3.63) is 63.8 Å². The van der Waals surface area contributed by atoms with Crippen LogP contribution in [0.4, 0.5) is 8.78 Å². The molecule has 11 heteroatoms. The molecule has 0 saturated heterocycles. The Morgan fingerprint density at radius 1 is 1.27 bits per heavy atom. The van der Waals surface area contributed by atoms with Gasteiger partial charge in [0.2, 0.25) is 0 Å². The van der Waals surface area contributed by atoms with E-state index in [2.05, 4.69) is 31.9 Å². The summed E-state index contributed by atoms with van der Waals surface area (Å²) in [5.41, 5.74) is 0.726. The van der Waals surface area contributed by atoms with E-state index in [1.165, 1.54) is 12.1 Å². The number of imidazole rings is 1.